The van der Waals surface area contributed by atoms with Crippen LogP contribution in [-0.2, 0) is 0 Å². The lowest BCUT2D eigenvalue weighted by Crippen LogP contribution is -2.23. The molecule has 2 aromatic rings. The van der Waals surface area contributed by atoms with Gasteiger partial charge in [-0.3, -0.25) is 0 Å². The fourth-order valence-electron chi connectivity index (χ4n) is 3.13. The monoisotopic (exact) mass is 363 g/mol. The summed E-state index contributed by atoms with van der Waals surface area (Å²) in [5.41, 5.74) is 2.72. The van der Waals surface area contributed by atoms with Crippen molar-refractivity contribution in [1.82, 2.24) is 5.32 Å². The van der Waals surface area contributed by atoms with E-state index in [1.807, 2.05) is 12.1 Å². The largest absolute Gasteiger partial charge is 0.310 e. The van der Waals surface area contributed by atoms with E-state index in [2.05, 4.69) is 64.6 Å². The Morgan fingerprint density at radius 1 is 1.24 bits per heavy atom. The molecule has 0 radical (unpaired) electrons. The minimum atomic E-state index is 0.355. The third kappa shape index (κ3) is 3.33. The summed E-state index contributed by atoms with van der Waals surface area (Å²) in [5, 5.41) is 4.44. The molecule has 0 amide bonds. The standard InChI is InChI=1S/C18H19BrClN/c1-2-21-18(16-10-13(20)8-9-17(16)19)15-11-14(15)12-6-4-3-5-7-12/h3-10,14-15,18,21H,2,11H2,1H3. The van der Waals surface area contributed by atoms with Gasteiger partial charge in [0.1, 0.15) is 0 Å². The first kappa shape index (κ1) is 15.1. The fraction of sp³-hybridized carbons (Fsp3) is 0.333. The molecule has 2 aromatic carbocycles. The zero-order chi connectivity index (χ0) is 14.8. The van der Waals surface area contributed by atoms with Gasteiger partial charge in [0.2, 0.25) is 0 Å². The molecular weight excluding hydrogens is 346 g/mol. The first-order valence-corrected chi connectivity index (χ1v) is 8.61. The Morgan fingerprint density at radius 2 is 2.00 bits per heavy atom. The van der Waals surface area contributed by atoms with Crippen LogP contribution in [0, 0.1) is 5.92 Å². The second-order valence-corrected chi connectivity index (χ2v) is 6.91. The van der Waals surface area contributed by atoms with Gasteiger partial charge in [-0.2, -0.15) is 0 Å². The maximum atomic E-state index is 6.19. The Hall–Kier alpha value is -0.830. The van der Waals surface area contributed by atoms with E-state index in [0.29, 0.717) is 17.9 Å². The highest BCUT2D eigenvalue weighted by atomic mass is 79.9. The Kier molecular flexibility index (Phi) is 4.68. The van der Waals surface area contributed by atoms with E-state index in [9.17, 15) is 0 Å². The van der Waals surface area contributed by atoms with Crippen molar-refractivity contribution < 1.29 is 0 Å². The molecule has 0 spiro atoms. The van der Waals surface area contributed by atoms with Crippen LogP contribution >= 0.6 is 27.5 Å². The van der Waals surface area contributed by atoms with Crippen molar-refractivity contribution in [2.45, 2.75) is 25.3 Å². The number of rotatable bonds is 5. The summed E-state index contributed by atoms with van der Waals surface area (Å²) >= 11 is 9.87. The van der Waals surface area contributed by atoms with Crippen LogP contribution in [0.1, 0.15) is 36.4 Å². The van der Waals surface area contributed by atoms with Crippen molar-refractivity contribution in [3.05, 3.63) is 69.2 Å². The van der Waals surface area contributed by atoms with E-state index in [1.54, 1.807) is 0 Å². The predicted molar refractivity (Wildman–Crippen MR) is 92.9 cm³/mol. The first-order chi connectivity index (χ1) is 10.2. The fourth-order valence-corrected chi connectivity index (χ4v) is 3.81. The van der Waals surface area contributed by atoms with Crippen LogP contribution in [0.15, 0.2) is 53.0 Å². The number of benzene rings is 2. The summed E-state index contributed by atoms with van der Waals surface area (Å²) < 4.78 is 1.14. The molecule has 0 aliphatic heterocycles. The van der Waals surface area contributed by atoms with Crippen LogP contribution < -0.4 is 5.32 Å². The molecule has 0 saturated heterocycles. The maximum Gasteiger partial charge on any atom is 0.0410 e. The van der Waals surface area contributed by atoms with Gasteiger partial charge in [-0.05, 0) is 54.1 Å². The van der Waals surface area contributed by atoms with E-state index in [-0.39, 0.29) is 0 Å². The molecule has 3 heteroatoms. The number of hydrogen-bond acceptors (Lipinski definition) is 1. The van der Waals surface area contributed by atoms with Crippen LogP contribution in [-0.4, -0.2) is 6.54 Å². The van der Waals surface area contributed by atoms with Gasteiger partial charge in [0.15, 0.2) is 0 Å². The first-order valence-electron chi connectivity index (χ1n) is 7.44. The second-order valence-electron chi connectivity index (χ2n) is 5.62. The van der Waals surface area contributed by atoms with Crippen LogP contribution in [0.25, 0.3) is 0 Å². The van der Waals surface area contributed by atoms with Gasteiger partial charge in [-0.15, -0.1) is 0 Å². The number of nitrogens with one attached hydrogen (secondary N) is 1. The lowest BCUT2D eigenvalue weighted by atomic mass is 9.98. The molecule has 1 N–H and O–H groups in total. The van der Waals surface area contributed by atoms with Crippen molar-refractivity contribution >= 4 is 27.5 Å². The molecule has 0 aromatic heterocycles. The van der Waals surface area contributed by atoms with Crippen LogP contribution in [0.4, 0.5) is 0 Å². The molecule has 0 bridgehead atoms. The molecule has 110 valence electrons. The highest BCUT2D eigenvalue weighted by Gasteiger charge is 2.44. The van der Waals surface area contributed by atoms with Crippen LogP contribution in [0.5, 0.6) is 0 Å². The van der Waals surface area contributed by atoms with E-state index in [1.165, 1.54) is 17.5 Å². The maximum absolute atomic E-state index is 6.19. The lowest BCUT2D eigenvalue weighted by molar-refractivity contribution is 0.485. The van der Waals surface area contributed by atoms with Gasteiger partial charge in [0.25, 0.3) is 0 Å². The summed E-state index contributed by atoms with van der Waals surface area (Å²) in [6.45, 7) is 3.12. The zero-order valence-electron chi connectivity index (χ0n) is 12.0. The van der Waals surface area contributed by atoms with Gasteiger partial charge in [0.05, 0.1) is 0 Å². The number of hydrogen-bond donors (Lipinski definition) is 1. The minimum Gasteiger partial charge on any atom is -0.310 e. The van der Waals surface area contributed by atoms with E-state index in [4.69, 9.17) is 11.6 Å². The third-order valence-corrected chi connectivity index (χ3v) is 5.17. The van der Waals surface area contributed by atoms with Crippen molar-refractivity contribution in [2.24, 2.45) is 5.92 Å². The Bertz CT molecular complexity index is 614. The highest BCUT2D eigenvalue weighted by Crippen LogP contribution is 2.54. The summed E-state index contributed by atoms with van der Waals surface area (Å²) in [7, 11) is 0. The average Bonchev–Trinajstić information content (AvgIpc) is 3.29. The third-order valence-electron chi connectivity index (χ3n) is 4.21. The summed E-state index contributed by atoms with van der Waals surface area (Å²) in [6.07, 6.45) is 1.24. The smallest absolute Gasteiger partial charge is 0.0410 e. The van der Waals surface area contributed by atoms with Gasteiger partial charge < -0.3 is 5.32 Å². The molecule has 1 nitrogen and oxygen atoms in total. The summed E-state index contributed by atoms with van der Waals surface area (Å²) in [6, 6.07) is 17.2. The minimum absolute atomic E-state index is 0.355. The van der Waals surface area contributed by atoms with Crippen molar-refractivity contribution in [3.63, 3.8) is 0 Å². The summed E-state index contributed by atoms with van der Waals surface area (Å²) in [5.74, 6) is 1.29. The molecule has 0 heterocycles. The van der Waals surface area contributed by atoms with E-state index in [0.717, 1.165) is 16.0 Å². The molecular formula is C18H19BrClN. The normalized spacial score (nSPS) is 22.0. The zero-order valence-corrected chi connectivity index (χ0v) is 14.4. The van der Waals surface area contributed by atoms with E-state index < -0.39 is 0 Å². The van der Waals surface area contributed by atoms with Crippen LogP contribution in [0.2, 0.25) is 5.02 Å². The van der Waals surface area contributed by atoms with Crippen molar-refractivity contribution in [2.75, 3.05) is 6.54 Å². The van der Waals surface area contributed by atoms with Gasteiger partial charge in [0, 0.05) is 15.5 Å². The van der Waals surface area contributed by atoms with Crippen molar-refractivity contribution in [1.29, 1.82) is 0 Å². The molecule has 1 aliphatic carbocycles. The van der Waals surface area contributed by atoms with E-state index >= 15 is 0 Å². The topological polar surface area (TPSA) is 12.0 Å². The molecule has 3 rings (SSSR count). The molecule has 1 fully saturated rings. The highest BCUT2D eigenvalue weighted by molar-refractivity contribution is 9.10. The van der Waals surface area contributed by atoms with Gasteiger partial charge in [-0.1, -0.05) is 64.8 Å². The molecule has 3 atom stereocenters. The lowest BCUT2D eigenvalue weighted by Gasteiger charge is -2.20. The van der Waals surface area contributed by atoms with Crippen LogP contribution in [0.3, 0.4) is 0 Å². The Balaban J connectivity index is 1.85. The van der Waals surface area contributed by atoms with Crippen molar-refractivity contribution in [3.8, 4) is 0 Å². The predicted octanol–water partition coefficient (Wildman–Crippen LogP) is 5.56. The molecule has 1 saturated carbocycles. The SMILES string of the molecule is CCNC(c1cc(Cl)ccc1Br)C1CC1c1ccccc1. The molecule has 3 unspecified atom stereocenters. The second kappa shape index (κ2) is 6.51. The number of halogens is 2. The Morgan fingerprint density at radius 3 is 2.71 bits per heavy atom. The average molecular weight is 365 g/mol. The Labute approximate surface area is 139 Å². The molecule has 21 heavy (non-hydrogen) atoms. The van der Waals surface area contributed by atoms with Gasteiger partial charge in [-0.25, -0.2) is 0 Å². The summed E-state index contributed by atoms with van der Waals surface area (Å²) in [4.78, 5) is 0. The quantitative estimate of drug-likeness (QED) is 0.732. The molecule has 1 aliphatic rings. The van der Waals surface area contributed by atoms with Gasteiger partial charge >= 0.3 is 0 Å².